The van der Waals surface area contributed by atoms with Crippen LogP contribution in [0.2, 0.25) is 0 Å². The summed E-state index contributed by atoms with van der Waals surface area (Å²) in [6, 6.07) is 2.70. The lowest BCUT2D eigenvalue weighted by molar-refractivity contribution is 0.0698. The second-order valence-electron chi connectivity index (χ2n) is 3.72. The van der Waals surface area contributed by atoms with Gasteiger partial charge in [-0.1, -0.05) is 6.07 Å². The molecule has 2 N–H and O–H groups in total. The molecule has 1 aromatic carbocycles. The van der Waals surface area contributed by atoms with E-state index >= 15 is 0 Å². The van der Waals surface area contributed by atoms with E-state index < -0.39 is 21.8 Å². The molecule has 0 bridgehead atoms. The van der Waals surface area contributed by atoms with Gasteiger partial charge in [0.15, 0.2) is 0 Å². The predicted molar refractivity (Wildman–Crippen MR) is 61.4 cm³/mol. The van der Waals surface area contributed by atoms with Crippen LogP contribution in [0.15, 0.2) is 12.1 Å². The Labute approximate surface area is 102 Å². The molecule has 0 saturated heterocycles. The molecule has 0 saturated carbocycles. The number of nitrogens with one attached hydrogen (secondary N) is 1. The molecule has 0 aliphatic heterocycles. The number of halogens is 2. The quantitative estimate of drug-likeness (QED) is 0.882. The molecule has 1 aromatic rings. The van der Waals surface area contributed by atoms with E-state index in [0.717, 1.165) is 0 Å². The molecule has 0 aliphatic carbocycles. The molecule has 0 radical (unpaired) electrons. The minimum absolute atomic E-state index is 0.261. The van der Waals surface area contributed by atoms with E-state index in [1.54, 1.807) is 11.6 Å². The summed E-state index contributed by atoms with van der Waals surface area (Å²) in [5.41, 5.74) is 0.145. The summed E-state index contributed by atoms with van der Waals surface area (Å²) in [7, 11) is -4.89. The highest BCUT2D eigenvalue weighted by molar-refractivity contribution is 7.93. The molecule has 1 rings (SSSR count). The van der Waals surface area contributed by atoms with Gasteiger partial charge in [0.2, 0.25) is 0 Å². The summed E-state index contributed by atoms with van der Waals surface area (Å²) >= 11 is 0. The Bertz CT molecular complexity index is 584. The van der Waals surface area contributed by atoms with Crippen molar-refractivity contribution < 1.29 is 27.1 Å². The number of hydrogen-bond donors (Lipinski definition) is 2. The lowest BCUT2D eigenvalue weighted by Crippen LogP contribution is -2.22. The van der Waals surface area contributed by atoms with Crippen molar-refractivity contribution in [3.63, 3.8) is 0 Å². The summed E-state index contributed by atoms with van der Waals surface area (Å²) in [6.45, 7) is 3.05. The molecule has 0 aliphatic rings. The van der Waals surface area contributed by atoms with Gasteiger partial charge < -0.3 is 5.11 Å². The average molecular weight is 279 g/mol. The van der Waals surface area contributed by atoms with E-state index in [9.17, 15) is 22.0 Å². The molecule has 0 aromatic heterocycles. The summed E-state index contributed by atoms with van der Waals surface area (Å²) in [5.74, 6) is -5.02. The lowest BCUT2D eigenvalue weighted by Gasteiger charge is -2.13. The van der Waals surface area contributed by atoms with Crippen molar-refractivity contribution in [2.45, 2.75) is 19.6 Å². The summed E-state index contributed by atoms with van der Waals surface area (Å²) < 4.78 is 48.2. The fourth-order valence-electron chi connectivity index (χ4n) is 1.46. The second-order valence-corrected chi connectivity index (χ2v) is 5.37. The van der Waals surface area contributed by atoms with Crippen molar-refractivity contribution in [3.05, 3.63) is 28.8 Å². The van der Waals surface area contributed by atoms with E-state index in [1.165, 1.54) is 19.1 Å². The maximum Gasteiger partial charge on any atom is 0.355 e. The van der Waals surface area contributed by atoms with Gasteiger partial charge in [-0.05, 0) is 31.0 Å². The molecular formula is C10H11F2NO4S. The number of alkyl halides is 2. The first-order valence-electron chi connectivity index (χ1n) is 4.79. The third kappa shape index (κ3) is 2.95. The number of carbonyl (C=O) groups is 1. The first kappa shape index (κ1) is 14.4. The van der Waals surface area contributed by atoms with Gasteiger partial charge in [-0.15, -0.1) is 0 Å². The molecule has 0 amide bonds. The SMILES string of the molecule is Cc1cc(C)c(NS(=O)(=O)C(F)F)c(C(=O)O)c1. The zero-order valence-corrected chi connectivity index (χ0v) is 10.4. The minimum Gasteiger partial charge on any atom is -0.478 e. The van der Waals surface area contributed by atoms with Gasteiger partial charge in [0, 0.05) is 0 Å². The number of benzene rings is 1. The predicted octanol–water partition coefficient (Wildman–Crippen LogP) is 1.97. The van der Waals surface area contributed by atoms with Crippen molar-refractivity contribution >= 4 is 21.7 Å². The van der Waals surface area contributed by atoms with Crippen LogP contribution in [0.25, 0.3) is 0 Å². The average Bonchev–Trinajstić information content (AvgIpc) is 2.21. The minimum atomic E-state index is -4.89. The number of hydrogen-bond acceptors (Lipinski definition) is 3. The summed E-state index contributed by atoms with van der Waals surface area (Å²) in [4.78, 5) is 11.0. The number of anilines is 1. The third-order valence-corrected chi connectivity index (χ3v) is 3.15. The fourth-order valence-corrected chi connectivity index (χ4v) is 2.10. The number of aryl methyl sites for hydroxylation is 2. The van der Waals surface area contributed by atoms with E-state index in [4.69, 9.17) is 5.11 Å². The molecule has 0 atom stereocenters. The van der Waals surface area contributed by atoms with Crippen molar-refractivity contribution in [2.75, 3.05) is 4.72 Å². The van der Waals surface area contributed by atoms with Crippen LogP contribution in [0.3, 0.4) is 0 Å². The molecule has 5 nitrogen and oxygen atoms in total. The van der Waals surface area contributed by atoms with Crippen LogP contribution in [0.5, 0.6) is 0 Å². The maximum atomic E-state index is 12.2. The monoisotopic (exact) mass is 279 g/mol. The Morgan fingerprint density at radius 2 is 1.89 bits per heavy atom. The molecular weight excluding hydrogens is 268 g/mol. The molecule has 0 unspecified atom stereocenters. The highest BCUT2D eigenvalue weighted by atomic mass is 32.2. The van der Waals surface area contributed by atoms with Crippen molar-refractivity contribution in [2.24, 2.45) is 0 Å². The Kier molecular flexibility index (Phi) is 3.90. The Balaban J connectivity index is 3.37. The van der Waals surface area contributed by atoms with Crippen LogP contribution >= 0.6 is 0 Å². The van der Waals surface area contributed by atoms with Gasteiger partial charge in [0.05, 0.1) is 11.3 Å². The van der Waals surface area contributed by atoms with Gasteiger partial charge >= 0.3 is 11.7 Å². The van der Waals surface area contributed by atoms with E-state index in [2.05, 4.69) is 0 Å². The highest BCUT2D eigenvalue weighted by Crippen LogP contribution is 2.25. The van der Waals surface area contributed by atoms with Crippen LogP contribution in [-0.2, 0) is 10.0 Å². The number of aromatic carboxylic acids is 1. The number of carboxylic acids is 1. The highest BCUT2D eigenvalue weighted by Gasteiger charge is 2.26. The summed E-state index contributed by atoms with van der Waals surface area (Å²) in [5, 5.41) is 8.93. The van der Waals surface area contributed by atoms with Crippen LogP contribution in [-0.4, -0.2) is 25.3 Å². The molecule has 0 heterocycles. The van der Waals surface area contributed by atoms with Crippen molar-refractivity contribution in [1.82, 2.24) is 0 Å². The van der Waals surface area contributed by atoms with Crippen LogP contribution < -0.4 is 4.72 Å². The van der Waals surface area contributed by atoms with Gasteiger partial charge in [-0.2, -0.15) is 8.78 Å². The Morgan fingerprint density at radius 3 is 2.33 bits per heavy atom. The molecule has 18 heavy (non-hydrogen) atoms. The van der Waals surface area contributed by atoms with E-state index in [1.807, 2.05) is 0 Å². The standard InChI is InChI=1S/C10H11F2NO4S/c1-5-3-6(2)8(7(4-5)9(14)15)13-18(16,17)10(11)12/h3-4,10,13H,1-2H3,(H,14,15). The van der Waals surface area contributed by atoms with Crippen LogP contribution in [0.4, 0.5) is 14.5 Å². The zero-order valence-electron chi connectivity index (χ0n) is 9.57. The maximum absolute atomic E-state index is 12.2. The second kappa shape index (κ2) is 4.89. The molecule has 0 spiro atoms. The van der Waals surface area contributed by atoms with Gasteiger partial charge in [0.1, 0.15) is 0 Å². The van der Waals surface area contributed by atoms with Crippen molar-refractivity contribution in [3.8, 4) is 0 Å². The normalized spacial score (nSPS) is 11.6. The first-order valence-corrected chi connectivity index (χ1v) is 6.34. The third-order valence-electron chi connectivity index (χ3n) is 2.19. The van der Waals surface area contributed by atoms with Crippen molar-refractivity contribution in [1.29, 1.82) is 0 Å². The Morgan fingerprint density at radius 1 is 1.33 bits per heavy atom. The summed E-state index contributed by atoms with van der Waals surface area (Å²) in [6.07, 6.45) is 0. The van der Waals surface area contributed by atoms with E-state index in [-0.39, 0.29) is 16.8 Å². The Hall–Kier alpha value is -1.70. The first-order chi connectivity index (χ1) is 8.15. The van der Waals surface area contributed by atoms with E-state index in [0.29, 0.717) is 5.56 Å². The number of rotatable bonds is 4. The van der Waals surface area contributed by atoms with Crippen LogP contribution in [0, 0.1) is 13.8 Å². The van der Waals surface area contributed by atoms with Gasteiger partial charge in [0.25, 0.3) is 10.0 Å². The number of carboxylic acid groups (broad SMARTS) is 1. The largest absolute Gasteiger partial charge is 0.478 e. The lowest BCUT2D eigenvalue weighted by atomic mass is 10.0. The van der Waals surface area contributed by atoms with Gasteiger partial charge in [-0.3, -0.25) is 4.72 Å². The fraction of sp³-hybridized carbons (Fsp3) is 0.300. The van der Waals surface area contributed by atoms with Crippen LogP contribution in [0.1, 0.15) is 21.5 Å². The molecule has 100 valence electrons. The zero-order chi connectivity index (χ0) is 14.1. The number of sulfonamides is 1. The molecule has 0 fully saturated rings. The smallest absolute Gasteiger partial charge is 0.355 e. The topological polar surface area (TPSA) is 83.5 Å². The molecule has 8 heteroatoms. The van der Waals surface area contributed by atoms with Gasteiger partial charge in [-0.25, -0.2) is 13.2 Å².